The van der Waals surface area contributed by atoms with Crippen LogP contribution in [0.2, 0.25) is 0 Å². The van der Waals surface area contributed by atoms with Gasteiger partial charge < -0.3 is 19.4 Å². The Hall–Kier alpha value is -3.28. The molecule has 1 amide bonds. The molecular formula is C24H26N2O4. The van der Waals surface area contributed by atoms with Gasteiger partial charge >= 0.3 is 0 Å². The number of carbonyl (C=O) groups excluding carboxylic acids is 1. The molecule has 2 heterocycles. The van der Waals surface area contributed by atoms with Gasteiger partial charge in [0.15, 0.2) is 11.5 Å². The molecule has 0 saturated heterocycles. The van der Waals surface area contributed by atoms with E-state index in [0.717, 1.165) is 27.6 Å². The highest BCUT2D eigenvalue weighted by Gasteiger charge is 2.34. The van der Waals surface area contributed by atoms with Crippen LogP contribution in [0.4, 0.5) is 0 Å². The molecule has 4 rings (SSSR count). The largest absolute Gasteiger partial charge is 0.493 e. The SMILES string of the molecule is CCC(=O)N1CCc2cc(OC)c(OC)cc2[C@H]1c1cc2cccc(C)c2[nH]c1=O. The number of amides is 1. The van der Waals surface area contributed by atoms with Crippen LogP contribution in [0.5, 0.6) is 11.5 Å². The first-order valence-corrected chi connectivity index (χ1v) is 10.1. The van der Waals surface area contributed by atoms with Crippen LogP contribution in [0.25, 0.3) is 10.9 Å². The lowest BCUT2D eigenvalue weighted by Crippen LogP contribution is -2.42. The van der Waals surface area contributed by atoms with Crippen LogP contribution in [0, 0.1) is 6.92 Å². The van der Waals surface area contributed by atoms with Crippen LogP contribution < -0.4 is 15.0 Å². The van der Waals surface area contributed by atoms with E-state index in [-0.39, 0.29) is 11.5 Å². The number of rotatable bonds is 4. The molecule has 0 unspecified atom stereocenters. The Bertz CT molecular complexity index is 1180. The number of aromatic nitrogens is 1. The molecule has 1 aliphatic heterocycles. The number of hydrogen-bond donors (Lipinski definition) is 1. The van der Waals surface area contributed by atoms with E-state index >= 15 is 0 Å². The van der Waals surface area contributed by atoms with Crippen molar-refractivity contribution in [2.45, 2.75) is 32.7 Å². The smallest absolute Gasteiger partial charge is 0.254 e. The van der Waals surface area contributed by atoms with Crippen molar-refractivity contribution >= 4 is 16.8 Å². The monoisotopic (exact) mass is 406 g/mol. The number of H-pyrrole nitrogens is 1. The second-order valence-electron chi connectivity index (χ2n) is 7.59. The maximum atomic E-state index is 13.2. The Morgan fingerprint density at radius 1 is 1.13 bits per heavy atom. The molecule has 0 fully saturated rings. The number of aryl methyl sites for hydroxylation is 1. The van der Waals surface area contributed by atoms with Crippen LogP contribution in [0.15, 0.2) is 41.2 Å². The summed E-state index contributed by atoms with van der Waals surface area (Å²) in [5.74, 6) is 1.25. The first kappa shape index (κ1) is 20.0. The zero-order valence-corrected chi connectivity index (χ0v) is 17.7. The van der Waals surface area contributed by atoms with E-state index in [4.69, 9.17) is 9.47 Å². The van der Waals surface area contributed by atoms with E-state index < -0.39 is 6.04 Å². The summed E-state index contributed by atoms with van der Waals surface area (Å²) < 4.78 is 11.0. The van der Waals surface area contributed by atoms with Crippen LogP contribution >= 0.6 is 0 Å². The summed E-state index contributed by atoms with van der Waals surface area (Å²) in [4.78, 5) is 30.8. The molecule has 0 spiro atoms. The molecule has 3 aromatic rings. The number of hydrogen-bond acceptors (Lipinski definition) is 4. The van der Waals surface area contributed by atoms with E-state index in [1.807, 2.05) is 50.2 Å². The van der Waals surface area contributed by atoms with E-state index in [1.165, 1.54) is 0 Å². The zero-order chi connectivity index (χ0) is 21.4. The van der Waals surface area contributed by atoms with Crippen molar-refractivity contribution in [3.63, 3.8) is 0 Å². The predicted molar refractivity (Wildman–Crippen MR) is 116 cm³/mol. The molecule has 156 valence electrons. The van der Waals surface area contributed by atoms with Gasteiger partial charge in [0.25, 0.3) is 5.56 Å². The normalized spacial score (nSPS) is 15.7. The van der Waals surface area contributed by atoms with Crippen molar-refractivity contribution in [1.82, 2.24) is 9.88 Å². The fourth-order valence-corrected chi connectivity index (χ4v) is 4.36. The quantitative estimate of drug-likeness (QED) is 0.717. The number of ether oxygens (including phenoxy) is 2. The van der Waals surface area contributed by atoms with Crippen molar-refractivity contribution in [2.75, 3.05) is 20.8 Å². The summed E-state index contributed by atoms with van der Waals surface area (Å²) in [6.45, 7) is 4.36. The maximum Gasteiger partial charge on any atom is 0.254 e. The molecule has 6 heteroatoms. The Morgan fingerprint density at radius 2 is 1.87 bits per heavy atom. The molecule has 1 aromatic heterocycles. The fourth-order valence-electron chi connectivity index (χ4n) is 4.36. The first-order chi connectivity index (χ1) is 14.5. The van der Waals surface area contributed by atoms with Crippen molar-refractivity contribution in [2.24, 2.45) is 0 Å². The standard InChI is InChI=1S/C24H26N2O4/c1-5-21(27)26-10-9-15-12-19(29-3)20(30-4)13-17(15)23(26)18-11-16-8-6-7-14(2)22(16)25-24(18)28/h6-8,11-13,23H,5,9-10H2,1-4H3,(H,25,28)/t23-/m0/s1. The predicted octanol–water partition coefficient (Wildman–Crippen LogP) is 3.74. The molecule has 2 aromatic carbocycles. The highest BCUT2D eigenvalue weighted by Crippen LogP contribution is 2.40. The third-order valence-corrected chi connectivity index (χ3v) is 5.91. The second kappa shape index (κ2) is 7.86. The molecule has 1 N–H and O–H groups in total. The van der Waals surface area contributed by atoms with Gasteiger partial charge in [-0.3, -0.25) is 9.59 Å². The molecule has 0 radical (unpaired) electrons. The number of carbonyl (C=O) groups is 1. The van der Waals surface area contributed by atoms with Gasteiger partial charge in [-0.15, -0.1) is 0 Å². The van der Waals surface area contributed by atoms with Crippen LogP contribution in [0.3, 0.4) is 0 Å². The summed E-state index contributed by atoms with van der Waals surface area (Å²) in [6, 6.07) is 11.2. The van der Waals surface area contributed by atoms with Gasteiger partial charge in [0.1, 0.15) is 0 Å². The lowest BCUT2D eigenvalue weighted by molar-refractivity contribution is -0.132. The lowest BCUT2D eigenvalue weighted by atomic mass is 9.87. The number of methoxy groups -OCH3 is 2. The molecular weight excluding hydrogens is 380 g/mol. The van der Waals surface area contributed by atoms with E-state index in [0.29, 0.717) is 36.4 Å². The van der Waals surface area contributed by atoms with Crippen molar-refractivity contribution < 1.29 is 14.3 Å². The lowest BCUT2D eigenvalue weighted by Gasteiger charge is -2.37. The second-order valence-corrected chi connectivity index (χ2v) is 7.59. The molecule has 1 atom stereocenters. The third-order valence-electron chi connectivity index (χ3n) is 5.91. The van der Waals surface area contributed by atoms with Crippen LogP contribution in [-0.2, 0) is 11.2 Å². The van der Waals surface area contributed by atoms with E-state index in [2.05, 4.69) is 4.98 Å². The van der Waals surface area contributed by atoms with Crippen LogP contribution in [-0.4, -0.2) is 36.6 Å². The number of fused-ring (bicyclic) bond motifs is 2. The van der Waals surface area contributed by atoms with Crippen LogP contribution in [0.1, 0.15) is 41.6 Å². The number of aromatic amines is 1. The number of pyridine rings is 1. The highest BCUT2D eigenvalue weighted by atomic mass is 16.5. The molecule has 6 nitrogen and oxygen atoms in total. The first-order valence-electron chi connectivity index (χ1n) is 10.1. The minimum absolute atomic E-state index is 0.0178. The Kier molecular flexibility index (Phi) is 5.24. The van der Waals surface area contributed by atoms with Gasteiger partial charge in [-0.2, -0.15) is 0 Å². The van der Waals surface area contributed by atoms with Gasteiger partial charge in [0.2, 0.25) is 5.91 Å². The summed E-state index contributed by atoms with van der Waals surface area (Å²) in [5.41, 5.74) is 4.16. The number of benzene rings is 2. The summed E-state index contributed by atoms with van der Waals surface area (Å²) in [7, 11) is 3.19. The minimum atomic E-state index is -0.477. The third kappa shape index (κ3) is 3.22. The molecule has 0 saturated carbocycles. The van der Waals surface area contributed by atoms with Gasteiger partial charge in [-0.05, 0) is 53.6 Å². The fraction of sp³-hybridized carbons (Fsp3) is 0.333. The molecule has 1 aliphatic rings. The van der Waals surface area contributed by atoms with Gasteiger partial charge in [0.05, 0.1) is 25.8 Å². The zero-order valence-electron chi connectivity index (χ0n) is 17.7. The number of para-hydroxylation sites is 1. The summed E-state index contributed by atoms with van der Waals surface area (Å²) >= 11 is 0. The topological polar surface area (TPSA) is 71.6 Å². The minimum Gasteiger partial charge on any atom is -0.493 e. The maximum absolute atomic E-state index is 13.2. The van der Waals surface area contributed by atoms with E-state index in [9.17, 15) is 9.59 Å². The highest BCUT2D eigenvalue weighted by molar-refractivity contribution is 5.83. The Labute approximate surface area is 175 Å². The average Bonchev–Trinajstić information content (AvgIpc) is 2.77. The summed E-state index contributed by atoms with van der Waals surface area (Å²) in [5, 5.41) is 0.945. The molecule has 0 aliphatic carbocycles. The average molecular weight is 406 g/mol. The molecule has 30 heavy (non-hydrogen) atoms. The van der Waals surface area contributed by atoms with Gasteiger partial charge in [0, 0.05) is 18.5 Å². The Balaban J connectivity index is 1.98. The molecule has 0 bridgehead atoms. The van der Waals surface area contributed by atoms with E-state index in [1.54, 1.807) is 19.1 Å². The van der Waals surface area contributed by atoms with Gasteiger partial charge in [-0.1, -0.05) is 25.1 Å². The van der Waals surface area contributed by atoms with Crippen molar-refractivity contribution in [3.05, 3.63) is 69.0 Å². The van der Waals surface area contributed by atoms with Crippen molar-refractivity contribution in [3.8, 4) is 11.5 Å². The number of nitrogens with zero attached hydrogens (tertiary/aromatic N) is 1. The number of nitrogens with one attached hydrogen (secondary N) is 1. The van der Waals surface area contributed by atoms with Gasteiger partial charge in [-0.25, -0.2) is 0 Å². The summed E-state index contributed by atoms with van der Waals surface area (Å²) in [6.07, 6.45) is 1.08. The van der Waals surface area contributed by atoms with Crippen molar-refractivity contribution in [1.29, 1.82) is 0 Å². The Morgan fingerprint density at radius 3 is 2.57 bits per heavy atom.